The molecule has 0 fully saturated rings. The molecule has 0 amide bonds. The number of carbonyl (C=O) groups excluding carboxylic acids is 1. The van der Waals surface area contributed by atoms with Crippen LogP contribution < -0.4 is 23.7 Å². The second kappa shape index (κ2) is 9.12. The second-order valence-corrected chi connectivity index (χ2v) is 7.00. The number of furan rings is 1. The number of rotatable bonds is 8. The van der Waals surface area contributed by atoms with Gasteiger partial charge in [0, 0.05) is 23.4 Å². The second-order valence-electron chi connectivity index (χ2n) is 7.00. The molecule has 0 saturated carbocycles. The zero-order chi connectivity index (χ0) is 23.5. The van der Waals surface area contributed by atoms with Crippen molar-refractivity contribution in [3.05, 3.63) is 59.8 Å². The number of hydrogen-bond acceptors (Lipinski definition) is 8. The Balaban J connectivity index is 1.94. The molecular weight excluding hydrogens is 426 g/mol. The molecule has 0 atom stereocenters. The Hall–Kier alpha value is -4.20. The molecule has 2 aromatic carbocycles. The Bertz CT molecular complexity index is 1280. The Morgan fingerprint density at radius 2 is 1.48 bits per heavy atom. The number of ether oxygens (including phenoxy) is 5. The molecule has 0 aliphatic rings. The van der Waals surface area contributed by atoms with Crippen molar-refractivity contribution in [3.63, 3.8) is 0 Å². The Kier molecular flexibility index (Phi) is 6.08. The van der Waals surface area contributed by atoms with Gasteiger partial charge in [0.2, 0.25) is 11.6 Å². The van der Waals surface area contributed by atoms with Crippen LogP contribution in [0.3, 0.4) is 0 Å². The first-order valence-corrected chi connectivity index (χ1v) is 10.00. The lowest BCUT2D eigenvalue weighted by molar-refractivity contribution is 0.103. The maximum absolute atomic E-state index is 13.8. The first kappa shape index (κ1) is 22.0. The number of benzene rings is 2. The van der Waals surface area contributed by atoms with Crippen molar-refractivity contribution < 1.29 is 32.9 Å². The number of carbonyl (C=O) groups is 1. The summed E-state index contributed by atoms with van der Waals surface area (Å²) in [7, 11) is 7.61. The quantitative estimate of drug-likeness (QED) is 0.356. The van der Waals surface area contributed by atoms with Gasteiger partial charge in [-0.25, -0.2) is 4.98 Å². The van der Waals surface area contributed by atoms with Crippen LogP contribution >= 0.6 is 0 Å². The minimum Gasteiger partial charge on any atom is -0.497 e. The van der Waals surface area contributed by atoms with Crippen LogP contribution in [0.15, 0.2) is 53.1 Å². The molecule has 0 aliphatic carbocycles. The molecule has 0 bridgehead atoms. The number of pyridine rings is 1. The van der Waals surface area contributed by atoms with Gasteiger partial charge < -0.3 is 28.1 Å². The molecule has 0 N–H and O–H groups in total. The summed E-state index contributed by atoms with van der Waals surface area (Å²) < 4.78 is 32.8. The first-order chi connectivity index (χ1) is 16.0. The summed E-state index contributed by atoms with van der Waals surface area (Å²) in [6, 6.07) is 12.1. The van der Waals surface area contributed by atoms with E-state index in [1.165, 1.54) is 28.4 Å². The monoisotopic (exact) mass is 449 g/mol. The molecular formula is C25H23NO7. The number of hydrogen-bond donors (Lipinski definition) is 0. The van der Waals surface area contributed by atoms with E-state index in [1.54, 1.807) is 43.6 Å². The van der Waals surface area contributed by atoms with Gasteiger partial charge in [-0.3, -0.25) is 4.79 Å². The molecule has 0 saturated heterocycles. The molecule has 2 heterocycles. The van der Waals surface area contributed by atoms with Gasteiger partial charge in [0.25, 0.3) is 0 Å². The van der Waals surface area contributed by atoms with Crippen LogP contribution in [0.4, 0.5) is 0 Å². The zero-order valence-electron chi connectivity index (χ0n) is 18.9. The highest BCUT2D eigenvalue weighted by Crippen LogP contribution is 2.41. The van der Waals surface area contributed by atoms with Crippen LogP contribution in [0.5, 0.6) is 28.9 Å². The van der Waals surface area contributed by atoms with E-state index >= 15 is 0 Å². The summed E-state index contributed by atoms with van der Waals surface area (Å²) >= 11 is 0. The van der Waals surface area contributed by atoms with Crippen molar-refractivity contribution in [1.29, 1.82) is 0 Å². The minimum absolute atomic E-state index is 0.286. The maximum Gasteiger partial charge on any atom is 0.216 e. The fourth-order valence-corrected chi connectivity index (χ4v) is 3.61. The van der Waals surface area contributed by atoms with Gasteiger partial charge in [-0.2, -0.15) is 0 Å². The summed E-state index contributed by atoms with van der Waals surface area (Å²) in [5.74, 6) is 2.33. The molecule has 8 heteroatoms. The van der Waals surface area contributed by atoms with E-state index in [1.807, 2.05) is 12.1 Å². The number of aromatic nitrogens is 1. The Labute approximate surface area is 190 Å². The molecule has 0 aliphatic heterocycles. The SMILES string of the molecule is COc1ccc(-c2oc3cc(OC)ncc3c2C(=O)c2cc(OC)c(OC)c(OC)c2)cc1. The predicted octanol–water partition coefficient (Wildman–Crippen LogP) is 4.77. The van der Waals surface area contributed by atoms with Crippen LogP contribution in [0.2, 0.25) is 0 Å². The molecule has 0 spiro atoms. The van der Waals surface area contributed by atoms with Gasteiger partial charge in [0.05, 0.1) is 46.5 Å². The lowest BCUT2D eigenvalue weighted by Crippen LogP contribution is -2.05. The van der Waals surface area contributed by atoms with Gasteiger partial charge >= 0.3 is 0 Å². The number of ketones is 1. The van der Waals surface area contributed by atoms with Crippen LogP contribution in [0, 0.1) is 0 Å². The Morgan fingerprint density at radius 3 is 2.03 bits per heavy atom. The smallest absolute Gasteiger partial charge is 0.216 e. The molecule has 2 aromatic heterocycles. The van der Waals surface area contributed by atoms with E-state index in [4.69, 9.17) is 28.1 Å². The standard InChI is InChI=1S/C25H23NO7/c1-28-16-8-6-14(7-9-16)24-22(17-13-26-21(31-4)12-18(17)33-24)23(27)15-10-19(29-2)25(32-5)20(11-15)30-3/h6-13H,1-5H3. The number of nitrogens with zero attached hydrogens (tertiary/aromatic N) is 1. The van der Waals surface area contributed by atoms with Crippen LogP contribution in [-0.2, 0) is 0 Å². The average molecular weight is 449 g/mol. The highest BCUT2D eigenvalue weighted by Gasteiger charge is 2.26. The lowest BCUT2D eigenvalue weighted by Gasteiger charge is -2.14. The van der Waals surface area contributed by atoms with Crippen LogP contribution in [0.25, 0.3) is 22.3 Å². The highest BCUT2D eigenvalue weighted by molar-refractivity contribution is 6.20. The predicted molar refractivity (Wildman–Crippen MR) is 122 cm³/mol. The van der Waals surface area contributed by atoms with E-state index in [2.05, 4.69) is 4.98 Å². The van der Waals surface area contributed by atoms with Gasteiger partial charge in [0.15, 0.2) is 17.3 Å². The van der Waals surface area contributed by atoms with Crippen LogP contribution in [0.1, 0.15) is 15.9 Å². The average Bonchev–Trinajstić information content (AvgIpc) is 3.25. The van der Waals surface area contributed by atoms with Crippen molar-refractivity contribution in [2.75, 3.05) is 35.5 Å². The lowest BCUT2D eigenvalue weighted by atomic mass is 9.97. The molecule has 8 nitrogen and oxygen atoms in total. The topological polar surface area (TPSA) is 89.3 Å². The zero-order valence-corrected chi connectivity index (χ0v) is 18.9. The van der Waals surface area contributed by atoms with Crippen molar-refractivity contribution in [2.45, 2.75) is 0 Å². The van der Waals surface area contributed by atoms with Gasteiger partial charge in [0.1, 0.15) is 17.1 Å². The fraction of sp³-hybridized carbons (Fsp3) is 0.200. The summed E-state index contributed by atoms with van der Waals surface area (Å²) in [6.07, 6.45) is 1.57. The number of fused-ring (bicyclic) bond motifs is 1. The van der Waals surface area contributed by atoms with Gasteiger partial charge in [-0.1, -0.05) is 0 Å². The van der Waals surface area contributed by atoms with Crippen LogP contribution in [-0.4, -0.2) is 46.3 Å². The van der Waals surface area contributed by atoms with E-state index in [0.717, 1.165) is 0 Å². The minimum atomic E-state index is -0.286. The van der Waals surface area contributed by atoms with Crippen molar-refractivity contribution in [1.82, 2.24) is 4.98 Å². The molecule has 4 rings (SSSR count). The van der Waals surface area contributed by atoms with E-state index < -0.39 is 0 Å². The summed E-state index contributed by atoms with van der Waals surface area (Å²) in [6.45, 7) is 0. The number of methoxy groups -OCH3 is 5. The summed E-state index contributed by atoms with van der Waals surface area (Å²) in [4.78, 5) is 18.1. The fourth-order valence-electron chi connectivity index (χ4n) is 3.61. The van der Waals surface area contributed by atoms with E-state index in [-0.39, 0.29) is 5.78 Å². The third kappa shape index (κ3) is 3.91. The molecule has 0 unspecified atom stereocenters. The van der Waals surface area contributed by atoms with Crippen molar-refractivity contribution in [3.8, 4) is 40.2 Å². The molecule has 170 valence electrons. The molecule has 4 aromatic rings. The summed E-state index contributed by atoms with van der Waals surface area (Å²) in [5, 5.41) is 0.556. The van der Waals surface area contributed by atoms with Gasteiger partial charge in [-0.15, -0.1) is 0 Å². The van der Waals surface area contributed by atoms with E-state index in [9.17, 15) is 4.79 Å². The normalized spacial score (nSPS) is 10.7. The molecule has 0 radical (unpaired) electrons. The largest absolute Gasteiger partial charge is 0.497 e. The highest BCUT2D eigenvalue weighted by atomic mass is 16.5. The summed E-state index contributed by atoms with van der Waals surface area (Å²) in [5.41, 5.74) is 1.89. The third-order valence-electron chi connectivity index (χ3n) is 5.26. The molecule has 33 heavy (non-hydrogen) atoms. The van der Waals surface area contributed by atoms with Crippen molar-refractivity contribution in [2.24, 2.45) is 0 Å². The maximum atomic E-state index is 13.8. The third-order valence-corrected chi connectivity index (χ3v) is 5.26. The Morgan fingerprint density at radius 1 is 0.818 bits per heavy atom. The first-order valence-electron chi connectivity index (χ1n) is 10.00. The van der Waals surface area contributed by atoms with Crippen molar-refractivity contribution >= 4 is 16.8 Å². The van der Waals surface area contributed by atoms with E-state index in [0.29, 0.717) is 62.3 Å². The van der Waals surface area contributed by atoms with Gasteiger partial charge in [-0.05, 0) is 36.4 Å².